The summed E-state index contributed by atoms with van der Waals surface area (Å²) >= 11 is 0. The smallest absolute Gasteiger partial charge is 0.203 e. The van der Waals surface area contributed by atoms with Gasteiger partial charge >= 0.3 is 0 Å². The first-order valence-corrected chi connectivity index (χ1v) is 6.98. The summed E-state index contributed by atoms with van der Waals surface area (Å²) in [6.07, 6.45) is 8.73. The average molecular weight is 237 g/mol. The van der Waals surface area contributed by atoms with Crippen LogP contribution in [0.4, 0.5) is 5.95 Å². The minimum absolute atomic E-state index is 0.544. The predicted molar refractivity (Wildman–Crippen MR) is 74.6 cm³/mol. The van der Waals surface area contributed by atoms with E-state index in [0.717, 1.165) is 18.2 Å². The molecule has 98 valence electrons. The van der Waals surface area contributed by atoms with Crippen molar-refractivity contribution in [1.29, 1.82) is 0 Å². The number of nitrogens with one attached hydrogen (secondary N) is 1. The number of hydrogen-bond donors (Lipinski definition) is 1. The highest BCUT2D eigenvalue weighted by Crippen LogP contribution is 2.21. The zero-order valence-corrected chi connectivity index (χ0v) is 11.8. The number of aryl methyl sites for hydroxylation is 1. The fraction of sp³-hybridized carbons (Fsp3) is 0.786. The van der Waals surface area contributed by atoms with Gasteiger partial charge in [-0.15, -0.1) is 0 Å². The van der Waals surface area contributed by atoms with E-state index in [9.17, 15) is 0 Å². The molecule has 0 saturated carbocycles. The van der Waals surface area contributed by atoms with E-state index in [1.54, 1.807) is 0 Å². The van der Waals surface area contributed by atoms with Gasteiger partial charge in [-0.25, -0.2) is 4.98 Å². The summed E-state index contributed by atoms with van der Waals surface area (Å²) in [4.78, 5) is 4.52. The first-order chi connectivity index (χ1) is 8.19. The molecule has 1 aromatic rings. The van der Waals surface area contributed by atoms with Crippen LogP contribution >= 0.6 is 0 Å². The zero-order chi connectivity index (χ0) is 12.7. The second-order valence-electron chi connectivity index (χ2n) is 4.84. The van der Waals surface area contributed by atoms with Gasteiger partial charge in [-0.1, -0.05) is 32.6 Å². The molecule has 1 N–H and O–H groups in total. The molecule has 1 heterocycles. The summed E-state index contributed by atoms with van der Waals surface area (Å²) in [5.41, 5.74) is 1.10. The van der Waals surface area contributed by atoms with Crippen molar-refractivity contribution in [2.24, 2.45) is 0 Å². The monoisotopic (exact) mass is 237 g/mol. The first-order valence-electron chi connectivity index (χ1n) is 6.98. The van der Waals surface area contributed by atoms with Crippen LogP contribution in [0.15, 0.2) is 6.20 Å². The molecular weight excluding hydrogens is 210 g/mol. The number of aromatic nitrogens is 2. The number of unbranched alkanes of at least 4 members (excludes halogenated alkanes) is 3. The van der Waals surface area contributed by atoms with E-state index >= 15 is 0 Å². The Morgan fingerprint density at radius 1 is 1.29 bits per heavy atom. The van der Waals surface area contributed by atoms with E-state index in [1.807, 2.05) is 0 Å². The molecule has 1 rings (SSSR count). The lowest BCUT2D eigenvalue weighted by molar-refractivity contribution is 0.475. The summed E-state index contributed by atoms with van der Waals surface area (Å²) in [5, 5.41) is 3.33. The Balaban J connectivity index is 2.51. The van der Waals surface area contributed by atoms with E-state index < -0.39 is 0 Å². The molecule has 0 spiro atoms. The number of rotatable bonds is 8. The van der Waals surface area contributed by atoms with Crippen LogP contribution < -0.4 is 5.32 Å². The van der Waals surface area contributed by atoms with Gasteiger partial charge in [0.05, 0.1) is 5.69 Å². The summed E-state index contributed by atoms with van der Waals surface area (Å²) in [7, 11) is 0. The molecule has 3 heteroatoms. The lowest BCUT2D eigenvalue weighted by atomic mass is 10.1. The largest absolute Gasteiger partial charge is 0.356 e. The Bertz CT molecular complexity index is 317. The van der Waals surface area contributed by atoms with Crippen molar-refractivity contribution in [3.63, 3.8) is 0 Å². The highest BCUT2D eigenvalue weighted by molar-refractivity contribution is 5.29. The highest BCUT2D eigenvalue weighted by Gasteiger charge is 2.10. The van der Waals surface area contributed by atoms with Crippen LogP contribution in [0.2, 0.25) is 0 Å². The van der Waals surface area contributed by atoms with Crippen molar-refractivity contribution >= 4 is 5.95 Å². The number of anilines is 1. The first kappa shape index (κ1) is 14.1. The predicted octanol–water partition coefficient (Wildman–Crippen LogP) is 4.15. The number of nitrogens with zero attached hydrogens (tertiary/aromatic N) is 2. The quantitative estimate of drug-likeness (QED) is 0.688. The fourth-order valence-corrected chi connectivity index (χ4v) is 2.15. The number of imidazole rings is 1. The Kier molecular flexibility index (Phi) is 6.09. The van der Waals surface area contributed by atoms with E-state index in [4.69, 9.17) is 0 Å². The van der Waals surface area contributed by atoms with E-state index in [0.29, 0.717) is 6.04 Å². The van der Waals surface area contributed by atoms with Gasteiger partial charge in [-0.3, -0.25) is 0 Å². The SMILES string of the molecule is CCCCCCC(C)n1cc(C)nc1NCC. The van der Waals surface area contributed by atoms with Crippen LogP contribution in [0.5, 0.6) is 0 Å². The molecule has 0 fully saturated rings. The van der Waals surface area contributed by atoms with Crippen LogP contribution in [0.1, 0.15) is 64.6 Å². The molecule has 0 aromatic carbocycles. The number of hydrogen-bond acceptors (Lipinski definition) is 2. The third-order valence-corrected chi connectivity index (χ3v) is 3.14. The van der Waals surface area contributed by atoms with Gasteiger partial charge in [0.2, 0.25) is 5.95 Å². The van der Waals surface area contributed by atoms with Gasteiger partial charge < -0.3 is 9.88 Å². The molecule has 1 aromatic heterocycles. The normalized spacial score (nSPS) is 12.7. The topological polar surface area (TPSA) is 29.9 Å². The van der Waals surface area contributed by atoms with Gasteiger partial charge in [-0.2, -0.15) is 0 Å². The Morgan fingerprint density at radius 3 is 2.71 bits per heavy atom. The lowest BCUT2D eigenvalue weighted by Crippen LogP contribution is -2.10. The maximum absolute atomic E-state index is 4.52. The van der Waals surface area contributed by atoms with Crippen LogP contribution in [0.25, 0.3) is 0 Å². The summed E-state index contributed by atoms with van der Waals surface area (Å²) < 4.78 is 2.28. The summed E-state index contributed by atoms with van der Waals surface area (Å²) in [5.74, 6) is 1.02. The maximum Gasteiger partial charge on any atom is 0.203 e. The second-order valence-corrected chi connectivity index (χ2v) is 4.84. The molecular formula is C14H27N3. The molecule has 0 aliphatic rings. The standard InChI is InChI=1S/C14H27N3/c1-5-7-8-9-10-13(4)17-11-12(3)16-14(17)15-6-2/h11,13H,5-10H2,1-4H3,(H,15,16). The molecule has 0 bridgehead atoms. The van der Waals surface area contributed by atoms with Gasteiger partial charge in [0.1, 0.15) is 0 Å². The van der Waals surface area contributed by atoms with Crippen molar-refractivity contribution in [3.05, 3.63) is 11.9 Å². The van der Waals surface area contributed by atoms with Crippen molar-refractivity contribution in [2.75, 3.05) is 11.9 Å². The van der Waals surface area contributed by atoms with Crippen molar-refractivity contribution < 1.29 is 0 Å². The van der Waals surface area contributed by atoms with E-state index in [1.165, 1.54) is 32.1 Å². The highest BCUT2D eigenvalue weighted by atomic mass is 15.2. The van der Waals surface area contributed by atoms with Crippen molar-refractivity contribution in [2.45, 2.75) is 65.8 Å². The molecule has 0 radical (unpaired) electrons. The average Bonchev–Trinajstić information content (AvgIpc) is 2.66. The molecule has 3 nitrogen and oxygen atoms in total. The summed E-state index contributed by atoms with van der Waals surface area (Å²) in [6, 6.07) is 0.544. The van der Waals surface area contributed by atoms with Gasteiger partial charge in [0.25, 0.3) is 0 Å². The lowest BCUT2D eigenvalue weighted by Gasteiger charge is -2.16. The molecule has 17 heavy (non-hydrogen) atoms. The van der Waals surface area contributed by atoms with Crippen LogP contribution in [0, 0.1) is 6.92 Å². The van der Waals surface area contributed by atoms with E-state index in [-0.39, 0.29) is 0 Å². The van der Waals surface area contributed by atoms with Gasteiger partial charge in [0, 0.05) is 18.8 Å². The van der Waals surface area contributed by atoms with Gasteiger partial charge in [0.15, 0.2) is 0 Å². The third kappa shape index (κ3) is 4.41. The minimum Gasteiger partial charge on any atom is -0.356 e. The molecule has 0 saturated heterocycles. The molecule has 0 amide bonds. The molecule has 1 unspecified atom stereocenters. The van der Waals surface area contributed by atoms with Crippen molar-refractivity contribution in [1.82, 2.24) is 9.55 Å². The third-order valence-electron chi connectivity index (χ3n) is 3.14. The Labute approximate surface area is 106 Å². The molecule has 0 aliphatic carbocycles. The van der Waals surface area contributed by atoms with Crippen LogP contribution in [0.3, 0.4) is 0 Å². The van der Waals surface area contributed by atoms with Gasteiger partial charge in [-0.05, 0) is 27.2 Å². The van der Waals surface area contributed by atoms with Crippen molar-refractivity contribution in [3.8, 4) is 0 Å². The zero-order valence-electron chi connectivity index (χ0n) is 11.8. The Hall–Kier alpha value is -0.990. The Morgan fingerprint density at radius 2 is 2.06 bits per heavy atom. The van der Waals surface area contributed by atoms with Crippen LogP contribution in [-0.4, -0.2) is 16.1 Å². The maximum atomic E-state index is 4.52. The molecule has 0 aliphatic heterocycles. The van der Waals surface area contributed by atoms with Crippen LogP contribution in [-0.2, 0) is 0 Å². The summed E-state index contributed by atoms with van der Waals surface area (Å²) in [6.45, 7) is 9.64. The fourth-order valence-electron chi connectivity index (χ4n) is 2.15. The second kappa shape index (κ2) is 7.36. The minimum atomic E-state index is 0.544. The molecule has 1 atom stereocenters. The van der Waals surface area contributed by atoms with E-state index in [2.05, 4.69) is 48.8 Å².